The molecular formula is C13H18N2O. The van der Waals surface area contributed by atoms with Gasteiger partial charge in [0.05, 0.1) is 6.04 Å². The van der Waals surface area contributed by atoms with E-state index in [-0.39, 0.29) is 11.9 Å². The number of likely N-dealkylation sites (N-methyl/N-ethyl adjacent to an activating group) is 1. The first-order valence-electron chi connectivity index (χ1n) is 5.71. The van der Waals surface area contributed by atoms with Crippen LogP contribution in [0.4, 0.5) is 0 Å². The predicted octanol–water partition coefficient (Wildman–Crippen LogP) is 1.49. The average Bonchev–Trinajstić information content (AvgIpc) is 2.44. The molecule has 0 aliphatic carbocycles. The highest BCUT2D eigenvalue weighted by Crippen LogP contribution is 2.21. The van der Waals surface area contributed by atoms with E-state index >= 15 is 0 Å². The zero-order valence-electron chi connectivity index (χ0n) is 9.86. The van der Waals surface area contributed by atoms with Crippen LogP contribution in [-0.4, -0.2) is 30.9 Å². The molecule has 1 N–H and O–H groups in total. The van der Waals surface area contributed by atoms with E-state index in [1.54, 1.807) is 0 Å². The Bertz CT molecular complexity index is 372. The van der Waals surface area contributed by atoms with Crippen molar-refractivity contribution in [3.63, 3.8) is 0 Å². The summed E-state index contributed by atoms with van der Waals surface area (Å²) in [5.41, 5.74) is 2.45. The van der Waals surface area contributed by atoms with Crippen LogP contribution in [0.2, 0.25) is 0 Å². The standard InChI is InChI=1S/C13H18N2O/c1-10-3-5-11(6-4-10)12-9-14-8-7-13(16)15(12)2/h3-6,12,14H,7-9H2,1-2H3. The van der Waals surface area contributed by atoms with Gasteiger partial charge in [-0.15, -0.1) is 0 Å². The van der Waals surface area contributed by atoms with Crippen LogP contribution in [0.3, 0.4) is 0 Å². The third-order valence-corrected chi connectivity index (χ3v) is 3.18. The fourth-order valence-corrected chi connectivity index (χ4v) is 2.05. The lowest BCUT2D eigenvalue weighted by Gasteiger charge is -2.26. The molecule has 3 nitrogen and oxygen atoms in total. The molecule has 16 heavy (non-hydrogen) atoms. The topological polar surface area (TPSA) is 32.3 Å². The smallest absolute Gasteiger partial charge is 0.224 e. The van der Waals surface area contributed by atoms with Gasteiger partial charge in [0.2, 0.25) is 5.91 Å². The zero-order valence-corrected chi connectivity index (χ0v) is 9.86. The lowest BCUT2D eigenvalue weighted by atomic mass is 10.0. The number of rotatable bonds is 1. The second-order valence-electron chi connectivity index (χ2n) is 4.39. The zero-order chi connectivity index (χ0) is 11.5. The minimum absolute atomic E-state index is 0.163. The Morgan fingerprint density at radius 2 is 2.00 bits per heavy atom. The highest BCUT2D eigenvalue weighted by molar-refractivity contribution is 5.77. The van der Waals surface area contributed by atoms with E-state index in [0.29, 0.717) is 6.42 Å². The Kier molecular flexibility index (Phi) is 3.25. The van der Waals surface area contributed by atoms with E-state index in [1.165, 1.54) is 11.1 Å². The van der Waals surface area contributed by atoms with Crippen LogP contribution < -0.4 is 5.32 Å². The monoisotopic (exact) mass is 218 g/mol. The molecule has 3 heteroatoms. The molecule has 1 atom stereocenters. The number of carbonyl (C=O) groups is 1. The summed E-state index contributed by atoms with van der Waals surface area (Å²) in [6, 6.07) is 8.57. The first kappa shape index (κ1) is 11.1. The molecule has 0 aromatic heterocycles. The maximum absolute atomic E-state index is 11.8. The molecule has 1 aliphatic rings. The number of carbonyl (C=O) groups excluding carboxylic acids is 1. The fraction of sp³-hybridized carbons (Fsp3) is 0.462. The van der Waals surface area contributed by atoms with Crippen molar-refractivity contribution >= 4 is 5.91 Å². The molecule has 1 amide bonds. The summed E-state index contributed by atoms with van der Waals surface area (Å²) in [7, 11) is 1.89. The van der Waals surface area contributed by atoms with Crippen molar-refractivity contribution < 1.29 is 4.79 Å². The maximum atomic E-state index is 11.8. The lowest BCUT2D eigenvalue weighted by Crippen LogP contribution is -2.32. The molecule has 0 spiro atoms. The molecule has 1 saturated heterocycles. The van der Waals surface area contributed by atoms with Crippen LogP contribution in [0.25, 0.3) is 0 Å². The Morgan fingerprint density at radius 1 is 1.31 bits per heavy atom. The molecule has 1 unspecified atom stereocenters. The van der Waals surface area contributed by atoms with Gasteiger partial charge in [-0.2, -0.15) is 0 Å². The van der Waals surface area contributed by atoms with Crippen molar-refractivity contribution in [3.05, 3.63) is 35.4 Å². The van der Waals surface area contributed by atoms with E-state index in [1.807, 2.05) is 11.9 Å². The summed E-state index contributed by atoms with van der Waals surface area (Å²) in [4.78, 5) is 13.6. The molecule has 0 bridgehead atoms. The summed E-state index contributed by atoms with van der Waals surface area (Å²) in [5.74, 6) is 0.218. The molecular weight excluding hydrogens is 200 g/mol. The summed E-state index contributed by atoms with van der Waals surface area (Å²) < 4.78 is 0. The predicted molar refractivity (Wildman–Crippen MR) is 64.2 cm³/mol. The summed E-state index contributed by atoms with van der Waals surface area (Å²) in [5, 5.41) is 3.31. The van der Waals surface area contributed by atoms with Gasteiger partial charge in [-0.3, -0.25) is 4.79 Å². The molecule has 1 aromatic carbocycles. The fourth-order valence-electron chi connectivity index (χ4n) is 2.05. The summed E-state index contributed by atoms with van der Waals surface area (Å²) in [6.07, 6.45) is 0.596. The van der Waals surface area contributed by atoms with Crippen LogP contribution in [0.1, 0.15) is 23.6 Å². The SMILES string of the molecule is Cc1ccc(C2CNCCC(=O)N2C)cc1. The van der Waals surface area contributed by atoms with Crippen molar-refractivity contribution in [1.82, 2.24) is 10.2 Å². The number of nitrogens with zero attached hydrogens (tertiary/aromatic N) is 1. The first-order valence-corrected chi connectivity index (χ1v) is 5.71. The van der Waals surface area contributed by atoms with Gasteiger partial charge < -0.3 is 10.2 Å². The van der Waals surface area contributed by atoms with E-state index in [9.17, 15) is 4.79 Å². The second kappa shape index (κ2) is 4.66. The lowest BCUT2D eigenvalue weighted by molar-refractivity contribution is -0.131. The highest BCUT2D eigenvalue weighted by Gasteiger charge is 2.23. The van der Waals surface area contributed by atoms with Crippen molar-refractivity contribution in [2.45, 2.75) is 19.4 Å². The summed E-state index contributed by atoms with van der Waals surface area (Å²) in [6.45, 7) is 3.70. The van der Waals surface area contributed by atoms with Gasteiger partial charge in [0.25, 0.3) is 0 Å². The Labute approximate surface area is 96.5 Å². The molecule has 0 radical (unpaired) electrons. The van der Waals surface area contributed by atoms with Gasteiger partial charge >= 0.3 is 0 Å². The largest absolute Gasteiger partial charge is 0.337 e. The van der Waals surface area contributed by atoms with Gasteiger partial charge in [0, 0.05) is 26.6 Å². The Balaban J connectivity index is 2.23. The van der Waals surface area contributed by atoms with Crippen LogP contribution in [0, 0.1) is 6.92 Å². The summed E-state index contributed by atoms with van der Waals surface area (Å²) >= 11 is 0. The Hall–Kier alpha value is -1.35. The van der Waals surface area contributed by atoms with Gasteiger partial charge in [-0.05, 0) is 12.5 Å². The van der Waals surface area contributed by atoms with Gasteiger partial charge in [0.15, 0.2) is 0 Å². The number of nitrogens with one attached hydrogen (secondary N) is 1. The quantitative estimate of drug-likeness (QED) is 0.774. The highest BCUT2D eigenvalue weighted by atomic mass is 16.2. The molecule has 1 fully saturated rings. The van der Waals surface area contributed by atoms with Crippen molar-refractivity contribution in [1.29, 1.82) is 0 Å². The van der Waals surface area contributed by atoms with E-state index in [2.05, 4.69) is 36.5 Å². The first-order chi connectivity index (χ1) is 7.68. The van der Waals surface area contributed by atoms with Crippen molar-refractivity contribution in [2.75, 3.05) is 20.1 Å². The molecule has 1 aromatic rings. The average molecular weight is 218 g/mol. The normalized spacial score (nSPS) is 22.0. The van der Waals surface area contributed by atoms with Gasteiger partial charge in [-0.1, -0.05) is 29.8 Å². The molecule has 86 valence electrons. The maximum Gasteiger partial charge on any atom is 0.224 e. The molecule has 1 aliphatic heterocycles. The number of aryl methyl sites for hydroxylation is 1. The minimum Gasteiger partial charge on any atom is -0.337 e. The van der Waals surface area contributed by atoms with Crippen LogP contribution in [0.15, 0.2) is 24.3 Å². The van der Waals surface area contributed by atoms with Crippen LogP contribution >= 0.6 is 0 Å². The van der Waals surface area contributed by atoms with Crippen LogP contribution in [-0.2, 0) is 4.79 Å². The molecule has 0 saturated carbocycles. The number of hydrogen-bond acceptors (Lipinski definition) is 2. The molecule has 2 rings (SSSR count). The van der Waals surface area contributed by atoms with Gasteiger partial charge in [0.1, 0.15) is 0 Å². The third-order valence-electron chi connectivity index (χ3n) is 3.18. The number of amides is 1. The molecule has 1 heterocycles. The number of hydrogen-bond donors (Lipinski definition) is 1. The minimum atomic E-state index is 0.163. The Morgan fingerprint density at radius 3 is 2.69 bits per heavy atom. The van der Waals surface area contributed by atoms with E-state index in [0.717, 1.165) is 13.1 Å². The third kappa shape index (κ3) is 2.25. The van der Waals surface area contributed by atoms with Crippen molar-refractivity contribution in [3.8, 4) is 0 Å². The second-order valence-corrected chi connectivity index (χ2v) is 4.39. The van der Waals surface area contributed by atoms with E-state index < -0.39 is 0 Å². The van der Waals surface area contributed by atoms with Crippen LogP contribution in [0.5, 0.6) is 0 Å². The van der Waals surface area contributed by atoms with E-state index in [4.69, 9.17) is 0 Å². The number of benzene rings is 1. The van der Waals surface area contributed by atoms with Gasteiger partial charge in [-0.25, -0.2) is 0 Å². The van der Waals surface area contributed by atoms with Crippen molar-refractivity contribution in [2.24, 2.45) is 0 Å².